The number of allylic oxidation sites excluding steroid dienone is 1. The van der Waals surface area contributed by atoms with Crippen molar-refractivity contribution < 1.29 is 39.6 Å². The first-order chi connectivity index (χ1) is 21.0. The van der Waals surface area contributed by atoms with Gasteiger partial charge in [0, 0.05) is 40.4 Å². The number of fused-ring (bicyclic) bond motifs is 3. The molecule has 0 aliphatic heterocycles. The van der Waals surface area contributed by atoms with E-state index in [0.29, 0.717) is 27.8 Å². The number of benzene rings is 2. The number of ketones is 4. The number of Topliss-reactive ketones (excluding diaryl/α,β-unsaturated/α-hetero) is 4. The van der Waals surface area contributed by atoms with Crippen molar-refractivity contribution in [1.29, 1.82) is 0 Å². The number of hydrogen-bond acceptors (Lipinski definition) is 8. The summed E-state index contributed by atoms with van der Waals surface area (Å²) in [5.74, 6) is -4.14. The smallest absolute Gasteiger partial charge is 0.203 e. The van der Waals surface area contributed by atoms with E-state index in [4.69, 9.17) is 0 Å². The summed E-state index contributed by atoms with van der Waals surface area (Å²) < 4.78 is 0. The SMILES string of the molecule is CC(=O)c1cccc(-c2cc(C(C)(C)C)c(O)c3c2C[C@@]2(C)C[C@@]4(C)CC(=O)C(C(=O)CC(C)(C)C)=C(O)[C@@]4(O)C(=O)C2=C3O)c1. The van der Waals surface area contributed by atoms with Gasteiger partial charge in [-0.2, -0.15) is 0 Å². The molecular weight excluding hydrogens is 584 g/mol. The van der Waals surface area contributed by atoms with Crippen molar-refractivity contribution in [3.63, 3.8) is 0 Å². The molecule has 46 heavy (non-hydrogen) atoms. The number of phenolic OH excluding ortho intramolecular Hbond substituents is 1. The third-order valence-corrected chi connectivity index (χ3v) is 10.0. The van der Waals surface area contributed by atoms with Crippen LogP contribution in [0.5, 0.6) is 5.75 Å². The van der Waals surface area contributed by atoms with E-state index in [2.05, 4.69) is 0 Å². The summed E-state index contributed by atoms with van der Waals surface area (Å²) in [6, 6.07) is 8.92. The second-order valence-corrected chi connectivity index (χ2v) is 16.3. The number of aromatic hydroxyl groups is 1. The molecule has 0 saturated heterocycles. The maximum Gasteiger partial charge on any atom is 0.203 e. The fraction of sp³-hybridized carbons (Fsp3) is 0.474. The number of aliphatic hydroxyl groups is 3. The van der Waals surface area contributed by atoms with Crippen LogP contribution in [0.3, 0.4) is 0 Å². The van der Waals surface area contributed by atoms with Crippen LogP contribution in [0, 0.1) is 16.2 Å². The lowest BCUT2D eigenvalue weighted by molar-refractivity contribution is -0.165. The highest BCUT2D eigenvalue weighted by atomic mass is 16.3. The van der Waals surface area contributed by atoms with E-state index >= 15 is 0 Å². The monoisotopic (exact) mass is 628 g/mol. The lowest BCUT2D eigenvalue weighted by Crippen LogP contribution is -2.65. The van der Waals surface area contributed by atoms with Gasteiger partial charge >= 0.3 is 0 Å². The Hall–Kier alpha value is -4.04. The molecule has 0 unspecified atom stereocenters. The second kappa shape index (κ2) is 10.2. The third-order valence-electron chi connectivity index (χ3n) is 10.0. The summed E-state index contributed by atoms with van der Waals surface area (Å²) in [5.41, 5.74) is -4.22. The minimum absolute atomic E-state index is 0.00627. The van der Waals surface area contributed by atoms with Crippen LogP contribution >= 0.6 is 0 Å². The molecule has 1 fully saturated rings. The minimum atomic E-state index is -2.65. The van der Waals surface area contributed by atoms with Gasteiger partial charge < -0.3 is 20.4 Å². The summed E-state index contributed by atoms with van der Waals surface area (Å²) in [4.78, 5) is 53.6. The third kappa shape index (κ3) is 4.84. The highest BCUT2D eigenvalue weighted by molar-refractivity contribution is 6.24. The number of carbonyl (C=O) groups excluding carboxylic acids is 4. The van der Waals surface area contributed by atoms with Crippen molar-refractivity contribution in [1.82, 2.24) is 0 Å². The van der Waals surface area contributed by atoms with Gasteiger partial charge in [-0.1, -0.05) is 73.6 Å². The van der Waals surface area contributed by atoms with Gasteiger partial charge in [-0.25, -0.2) is 0 Å². The number of hydrogen-bond donors (Lipinski definition) is 4. The van der Waals surface area contributed by atoms with Crippen LogP contribution in [0.25, 0.3) is 16.9 Å². The van der Waals surface area contributed by atoms with Gasteiger partial charge in [-0.3, -0.25) is 19.2 Å². The molecule has 8 heteroatoms. The Labute approximate surface area is 269 Å². The normalized spacial score (nSPS) is 26.5. The molecule has 0 radical (unpaired) electrons. The zero-order valence-corrected chi connectivity index (χ0v) is 28.1. The Morgan fingerprint density at radius 2 is 1.57 bits per heavy atom. The Kier molecular flexibility index (Phi) is 7.41. The molecule has 2 aromatic carbocycles. The molecule has 0 amide bonds. The molecular formula is C38H44O8. The summed E-state index contributed by atoms with van der Waals surface area (Å²) >= 11 is 0. The summed E-state index contributed by atoms with van der Waals surface area (Å²) in [6.45, 7) is 15.9. The summed E-state index contributed by atoms with van der Waals surface area (Å²) in [7, 11) is 0. The van der Waals surface area contributed by atoms with Gasteiger partial charge in [0.25, 0.3) is 0 Å². The Morgan fingerprint density at radius 1 is 0.935 bits per heavy atom. The fourth-order valence-electron chi connectivity index (χ4n) is 7.95. The first-order valence-electron chi connectivity index (χ1n) is 15.7. The average Bonchev–Trinajstić information content (AvgIpc) is 2.89. The van der Waals surface area contributed by atoms with Crippen LogP contribution in [0.1, 0.15) is 109 Å². The van der Waals surface area contributed by atoms with E-state index in [1.165, 1.54) is 6.92 Å². The predicted molar refractivity (Wildman–Crippen MR) is 175 cm³/mol. The number of carbonyl (C=O) groups is 4. The van der Waals surface area contributed by atoms with E-state index < -0.39 is 61.7 Å². The minimum Gasteiger partial charge on any atom is -0.508 e. The van der Waals surface area contributed by atoms with Crippen molar-refractivity contribution in [3.05, 3.63) is 69.5 Å². The molecule has 3 atom stereocenters. The molecule has 0 aromatic heterocycles. The number of aliphatic hydroxyl groups excluding tert-OH is 2. The lowest BCUT2D eigenvalue weighted by atomic mass is 9.47. The molecule has 0 heterocycles. The predicted octanol–water partition coefficient (Wildman–Crippen LogP) is 6.89. The van der Waals surface area contributed by atoms with E-state index in [0.717, 1.165) is 0 Å². The van der Waals surface area contributed by atoms with Crippen molar-refractivity contribution in [2.75, 3.05) is 0 Å². The molecule has 8 nitrogen and oxygen atoms in total. The topological polar surface area (TPSA) is 149 Å². The van der Waals surface area contributed by atoms with Gasteiger partial charge in [-0.15, -0.1) is 0 Å². The number of rotatable bonds is 4. The zero-order chi connectivity index (χ0) is 34.5. The second-order valence-electron chi connectivity index (χ2n) is 16.3. The molecule has 3 aliphatic rings. The van der Waals surface area contributed by atoms with E-state index in [1.54, 1.807) is 52.8 Å². The van der Waals surface area contributed by atoms with Crippen LogP contribution in [-0.2, 0) is 26.2 Å². The van der Waals surface area contributed by atoms with Crippen molar-refractivity contribution >= 4 is 28.9 Å². The maximum absolute atomic E-state index is 14.6. The van der Waals surface area contributed by atoms with Gasteiger partial charge in [0.05, 0.1) is 5.56 Å². The molecule has 244 valence electrons. The van der Waals surface area contributed by atoms with Crippen LogP contribution in [0.15, 0.2) is 47.2 Å². The van der Waals surface area contributed by atoms with Crippen LogP contribution in [0.4, 0.5) is 0 Å². The highest BCUT2D eigenvalue weighted by Crippen LogP contribution is 2.63. The Bertz CT molecular complexity index is 1810. The van der Waals surface area contributed by atoms with Gasteiger partial charge in [0.1, 0.15) is 22.8 Å². The zero-order valence-electron chi connectivity index (χ0n) is 28.1. The lowest BCUT2D eigenvalue weighted by Gasteiger charge is -2.56. The van der Waals surface area contributed by atoms with E-state index in [9.17, 15) is 39.6 Å². The Balaban J connectivity index is 1.81. The molecule has 0 spiro atoms. The summed E-state index contributed by atoms with van der Waals surface area (Å²) in [6.07, 6.45) is -0.296. The van der Waals surface area contributed by atoms with Crippen molar-refractivity contribution in [2.24, 2.45) is 16.2 Å². The standard InChI is InChI=1S/C38H44O8/c1-19(39)20-11-10-12-21(13-20)22-14-24(35(5,6)7)30(42)27-23(22)15-36(8)18-37(9)17-26(41)28(25(40)16-34(2,3)4)32(44)38(37,46)33(45)29(36)31(27)43/h10-14,42-44,46H,15-18H2,1-9H3/t36-,37+,38+/m0/s1. The van der Waals surface area contributed by atoms with Crippen LogP contribution in [-0.4, -0.2) is 49.2 Å². The largest absolute Gasteiger partial charge is 0.508 e. The molecule has 2 aromatic rings. The van der Waals surface area contributed by atoms with Gasteiger partial charge in [-0.05, 0) is 59.4 Å². The Morgan fingerprint density at radius 3 is 2.13 bits per heavy atom. The quantitative estimate of drug-likeness (QED) is 0.211. The van der Waals surface area contributed by atoms with Gasteiger partial charge in [0.2, 0.25) is 5.78 Å². The van der Waals surface area contributed by atoms with Crippen LogP contribution < -0.4 is 0 Å². The van der Waals surface area contributed by atoms with Gasteiger partial charge in [0.15, 0.2) is 23.0 Å². The summed E-state index contributed by atoms with van der Waals surface area (Å²) in [5, 5.41) is 47.5. The maximum atomic E-state index is 14.6. The van der Waals surface area contributed by atoms with Crippen molar-refractivity contribution in [2.45, 2.75) is 99.0 Å². The molecule has 1 saturated carbocycles. The molecule has 0 bridgehead atoms. The average molecular weight is 629 g/mol. The van der Waals surface area contributed by atoms with Crippen LogP contribution in [0.2, 0.25) is 0 Å². The first kappa shape index (κ1) is 33.3. The first-order valence-corrected chi connectivity index (χ1v) is 15.7. The highest BCUT2D eigenvalue weighted by Gasteiger charge is 2.69. The number of phenols is 1. The van der Waals surface area contributed by atoms with E-state index in [-0.39, 0.29) is 48.4 Å². The fourth-order valence-corrected chi connectivity index (χ4v) is 7.95. The van der Waals surface area contributed by atoms with E-state index in [1.807, 2.05) is 32.9 Å². The molecule has 5 rings (SSSR count). The molecule has 4 N–H and O–H groups in total. The van der Waals surface area contributed by atoms with Crippen molar-refractivity contribution in [3.8, 4) is 16.9 Å². The molecule has 3 aliphatic carbocycles.